The highest BCUT2D eigenvalue weighted by Gasteiger charge is 2.18. The molecular formula is C18H25N3O6S. The third-order valence-electron chi connectivity index (χ3n) is 3.75. The van der Waals surface area contributed by atoms with E-state index in [0.717, 1.165) is 44.2 Å². The van der Waals surface area contributed by atoms with Crippen molar-refractivity contribution in [2.75, 3.05) is 17.2 Å². The van der Waals surface area contributed by atoms with Crippen molar-refractivity contribution in [1.29, 1.82) is 5.26 Å². The van der Waals surface area contributed by atoms with Crippen LogP contribution in [0.5, 0.6) is 0 Å². The lowest BCUT2D eigenvalue weighted by Crippen LogP contribution is -2.16. The molecule has 0 fully saturated rings. The van der Waals surface area contributed by atoms with Gasteiger partial charge in [0.25, 0.3) is 10.1 Å². The molecule has 0 atom stereocenters. The maximum atomic E-state index is 11.8. The third kappa shape index (κ3) is 8.83. The fraction of sp³-hybridized carbons (Fsp3) is 0.500. The molecule has 28 heavy (non-hydrogen) atoms. The first-order valence-electron chi connectivity index (χ1n) is 9.00. The van der Waals surface area contributed by atoms with Crippen LogP contribution in [0.25, 0.3) is 0 Å². The van der Waals surface area contributed by atoms with Crippen molar-refractivity contribution in [3.8, 4) is 6.07 Å². The van der Waals surface area contributed by atoms with Crippen molar-refractivity contribution in [3.63, 3.8) is 0 Å². The molecule has 0 aromatic heterocycles. The molecule has 1 aromatic rings. The van der Waals surface area contributed by atoms with Crippen LogP contribution in [0.15, 0.2) is 23.1 Å². The Labute approximate surface area is 164 Å². The molecule has 0 aliphatic carbocycles. The van der Waals surface area contributed by atoms with E-state index in [2.05, 4.69) is 17.6 Å². The van der Waals surface area contributed by atoms with Gasteiger partial charge in [0.2, 0.25) is 5.91 Å². The van der Waals surface area contributed by atoms with Gasteiger partial charge in [-0.25, -0.2) is 4.79 Å². The highest BCUT2D eigenvalue weighted by molar-refractivity contribution is 7.86. The number of carbonyl (C=O) groups excluding carboxylic acids is 2. The number of carbonyl (C=O) groups is 2. The van der Waals surface area contributed by atoms with Gasteiger partial charge in [-0.15, -0.1) is 0 Å². The van der Waals surface area contributed by atoms with E-state index >= 15 is 0 Å². The number of anilines is 2. The lowest BCUT2D eigenvalue weighted by molar-refractivity contribution is -0.115. The number of amides is 2. The van der Waals surface area contributed by atoms with Crippen molar-refractivity contribution >= 4 is 33.5 Å². The summed E-state index contributed by atoms with van der Waals surface area (Å²) in [7, 11) is -4.61. The molecule has 0 unspecified atom stereocenters. The molecule has 1 aromatic carbocycles. The number of nitrogens with zero attached hydrogens (tertiary/aromatic N) is 1. The van der Waals surface area contributed by atoms with Gasteiger partial charge in [0.1, 0.15) is 11.3 Å². The van der Waals surface area contributed by atoms with Crippen molar-refractivity contribution in [2.24, 2.45) is 0 Å². The van der Waals surface area contributed by atoms with Crippen molar-refractivity contribution in [2.45, 2.75) is 56.8 Å². The second-order valence-corrected chi connectivity index (χ2v) is 7.49. The molecule has 0 heterocycles. The van der Waals surface area contributed by atoms with Crippen LogP contribution in [0.2, 0.25) is 0 Å². The number of hydrogen-bond acceptors (Lipinski definition) is 6. The molecule has 154 valence electrons. The molecule has 0 saturated carbocycles. The number of hydrogen-bond donors (Lipinski definition) is 3. The van der Waals surface area contributed by atoms with Gasteiger partial charge in [-0.1, -0.05) is 39.0 Å². The predicted octanol–water partition coefficient (Wildman–Crippen LogP) is 3.69. The zero-order chi connectivity index (χ0) is 21.0. The first-order chi connectivity index (χ1) is 13.3. The van der Waals surface area contributed by atoms with Crippen LogP contribution in [0.1, 0.15) is 51.9 Å². The number of ether oxygens (including phenoxy) is 1. The summed E-state index contributed by atoms with van der Waals surface area (Å²) in [6.45, 7) is 2.39. The molecule has 0 radical (unpaired) electrons. The summed E-state index contributed by atoms with van der Waals surface area (Å²) in [6.07, 6.45) is 5.08. The molecule has 0 aliphatic heterocycles. The molecule has 0 bridgehead atoms. The molecule has 1 rings (SSSR count). The number of nitrogens with one attached hydrogen (secondary N) is 2. The van der Waals surface area contributed by atoms with Crippen LogP contribution in [-0.2, 0) is 19.6 Å². The summed E-state index contributed by atoms with van der Waals surface area (Å²) in [5, 5.41) is 13.2. The van der Waals surface area contributed by atoms with Crippen LogP contribution in [0, 0.1) is 11.3 Å². The summed E-state index contributed by atoms with van der Waals surface area (Å²) < 4.78 is 37.2. The maximum absolute atomic E-state index is 11.8. The molecular weight excluding hydrogens is 386 g/mol. The minimum atomic E-state index is -4.61. The monoisotopic (exact) mass is 411 g/mol. The Bertz CT molecular complexity index is 817. The second kappa shape index (κ2) is 11.9. The summed E-state index contributed by atoms with van der Waals surface area (Å²) in [5.74, 6) is -0.754. The Kier molecular flexibility index (Phi) is 9.98. The van der Waals surface area contributed by atoms with Crippen LogP contribution in [0.4, 0.5) is 16.2 Å². The fourth-order valence-corrected chi connectivity index (χ4v) is 3.03. The van der Waals surface area contributed by atoms with E-state index in [4.69, 9.17) is 10.00 Å². The van der Waals surface area contributed by atoms with Gasteiger partial charge in [0.05, 0.1) is 18.4 Å². The van der Waals surface area contributed by atoms with Crippen LogP contribution >= 0.6 is 0 Å². The molecule has 0 aliphatic rings. The Balaban J connectivity index is 2.66. The predicted molar refractivity (Wildman–Crippen MR) is 103 cm³/mol. The molecule has 0 spiro atoms. The summed E-state index contributed by atoms with van der Waals surface area (Å²) in [4.78, 5) is 22.9. The summed E-state index contributed by atoms with van der Waals surface area (Å²) in [5.41, 5.74) is -0.0934. The van der Waals surface area contributed by atoms with E-state index in [1.165, 1.54) is 12.5 Å². The largest absolute Gasteiger partial charge is 0.449 e. The van der Waals surface area contributed by atoms with Gasteiger partial charge in [0, 0.05) is 5.69 Å². The van der Waals surface area contributed by atoms with Crippen LogP contribution < -0.4 is 10.6 Å². The zero-order valence-electron chi connectivity index (χ0n) is 15.7. The fourth-order valence-electron chi connectivity index (χ4n) is 2.40. The molecule has 0 saturated heterocycles. The second-order valence-electron chi connectivity index (χ2n) is 6.10. The Hall–Kier alpha value is -2.64. The van der Waals surface area contributed by atoms with Gasteiger partial charge >= 0.3 is 6.09 Å². The number of unbranched alkanes of at least 4 members (excludes halogenated alkanes) is 5. The quantitative estimate of drug-likeness (QED) is 0.372. The molecule has 9 nitrogen and oxygen atoms in total. The highest BCUT2D eigenvalue weighted by atomic mass is 32.2. The zero-order valence-corrected chi connectivity index (χ0v) is 16.5. The lowest BCUT2D eigenvalue weighted by atomic mass is 10.1. The van der Waals surface area contributed by atoms with Gasteiger partial charge in [-0.2, -0.15) is 13.7 Å². The first-order valence-corrected chi connectivity index (χ1v) is 10.4. The SMILES string of the molecule is CCCCCCCCOC(=O)Nc1ccc(S(=O)(=O)O)c(NC(=O)CC#N)c1. The standard InChI is InChI=1S/C18H25N3O6S/c1-2-3-4-5-6-7-12-27-18(23)20-14-8-9-16(28(24,25)26)15(13-14)21-17(22)10-11-19/h8-9,13H,2-7,10,12H2,1H3,(H,20,23)(H,21,22)(H,24,25,26). The Morgan fingerprint density at radius 1 is 1.14 bits per heavy atom. The molecule has 10 heteroatoms. The minimum Gasteiger partial charge on any atom is -0.449 e. The Morgan fingerprint density at radius 2 is 1.82 bits per heavy atom. The lowest BCUT2D eigenvalue weighted by Gasteiger charge is -2.12. The maximum Gasteiger partial charge on any atom is 0.411 e. The topological polar surface area (TPSA) is 146 Å². The van der Waals surface area contributed by atoms with Crippen molar-refractivity contribution in [3.05, 3.63) is 18.2 Å². The smallest absolute Gasteiger partial charge is 0.411 e. The average Bonchev–Trinajstić information content (AvgIpc) is 2.60. The third-order valence-corrected chi connectivity index (χ3v) is 4.66. The van der Waals surface area contributed by atoms with Crippen molar-refractivity contribution < 1.29 is 27.3 Å². The van der Waals surface area contributed by atoms with Gasteiger partial charge in [-0.3, -0.25) is 14.7 Å². The molecule has 2 amide bonds. The van der Waals surface area contributed by atoms with E-state index in [1.54, 1.807) is 6.07 Å². The minimum absolute atomic E-state index is 0.160. The molecule has 3 N–H and O–H groups in total. The van der Waals surface area contributed by atoms with E-state index in [-0.39, 0.29) is 18.0 Å². The van der Waals surface area contributed by atoms with E-state index in [9.17, 15) is 22.6 Å². The summed E-state index contributed by atoms with van der Waals surface area (Å²) >= 11 is 0. The average molecular weight is 411 g/mol. The van der Waals surface area contributed by atoms with Crippen LogP contribution in [0.3, 0.4) is 0 Å². The summed E-state index contributed by atoms with van der Waals surface area (Å²) in [6, 6.07) is 5.05. The van der Waals surface area contributed by atoms with E-state index in [1.807, 2.05) is 0 Å². The van der Waals surface area contributed by atoms with Crippen LogP contribution in [-0.4, -0.2) is 31.6 Å². The normalized spacial score (nSPS) is 10.8. The van der Waals surface area contributed by atoms with Gasteiger partial charge in [-0.05, 0) is 24.6 Å². The number of rotatable bonds is 11. The van der Waals surface area contributed by atoms with Crippen molar-refractivity contribution in [1.82, 2.24) is 0 Å². The van der Waals surface area contributed by atoms with Gasteiger partial charge < -0.3 is 10.1 Å². The highest BCUT2D eigenvalue weighted by Crippen LogP contribution is 2.25. The number of benzene rings is 1. The number of nitriles is 1. The Morgan fingerprint density at radius 3 is 2.46 bits per heavy atom. The van der Waals surface area contributed by atoms with Gasteiger partial charge in [0.15, 0.2) is 0 Å². The first kappa shape index (κ1) is 23.4. The van der Waals surface area contributed by atoms with E-state index < -0.39 is 33.4 Å². The van der Waals surface area contributed by atoms with E-state index in [0.29, 0.717) is 0 Å².